The molecule has 0 N–H and O–H groups in total. The zero-order valence-electron chi connectivity index (χ0n) is 14.0. The lowest BCUT2D eigenvalue weighted by Gasteiger charge is -2.26. The summed E-state index contributed by atoms with van der Waals surface area (Å²) in [7, 11) is -3.18. The lowest BCUT2D eigenvalue weighted by molar-refractivity contribution is 0.600. The number of aliphatic imine (C=N–C) groups is 1. The molecule has 2 heterocycles. The van der Waals surface area contributed by atoms with Gasteiger partial charge in [-0.25, -0.2) is 12.8 Å². The van der Waals surface area contributed by atoms with Crippen LogP contribution in [0.15, 0.2) is 47.5 Å². The SMILES string of the molecule is O=S1(=O)C[C@@H]2N=C(SCc3ccc(Cl)cc3Cl)N(c3ccccc3F)[C@H]2C1. The van der Waals surface area contributed by atoms with Crippen LogP contribution in [0.25, 0.3) is 0 Å². The molecule has 4 nitrogen and oxygen atoms in total. The van der Waals surface area contributed by atoms with Crippen LogP contribution in [-0.4, -0.2) is 37.2 Å². The van der Waals surface area contributed by atoms with Crippen molar-refractivity contribution in [1.82, 2.24) is 0 Å². The van der Waals surface area contributed by atoms with Crippen molar-refractivity contribution >= 4 is 55.7 Å². The van der Waals surface area contributed by atoms with Crippen molar-refractivity contribution in [3.63, 3.8) is 0 Å². The number of fused-ring (bicyclic) bond motifs is 1. The van der Waals surface area contributed by atoms with Gasteiger partial charge in [0.05, 0.1) is 29.3 Å². The first-order valence-electron chi connectivity index (χ1n) is 8.23. The van der Waals surface area contributed by atoms with E-state index in [1.807, 2.05) is 6.07 Å². The molecule has 1 saturated heterocycles. The number of nitrogens with zero attached hydrogens (tertiary/aromatic N) is 2. The molecule has 142 valence electrons. The van der Waals surface area contributed by atoms with E-state index in [4.69, 9.17) is 23.2 Å². The molecule has 4 rings (SSSR count). The van der Waals surface area contributed by atoms with Gasteiger partial charge in [-0.3, -0.25) is 4.99 Å². The summed E-state index contributed by atoms with van der Waals surface area (Å²) in [6, 6.07) is 10.9. The minimum Gasteiger partial charge on any atom is -0.312 e. The fraction of sp³-hybridized carbons (Fsp3) is 0.278. The Labute approximate surface area is 171 Å². The Hall–Kier alpha value is -1.28. The van der Waals surface area contributed by atoms with Crippen molar-refractivity contribution in [2.24, 2.45) is 4.99 Å². The third-order valence-electron chi connectivity index (χ3n) is 4.59. The van der Waals surface area contributed by atoms with Crippen LogP contribution < -0.4 is 4.90 Å². The second kappa shape index (κ2) is 7.28. The molecule has 9 heteroatoms. The van der Waals surface area contributed by atoms with Gasteiger partial charge in [-0.1, -0.05) is 53.2 Å². The average molecular weight is 445 g/mol. The molecule has 2 aliphatic heterocycles. The zero-order valence-corrected chi connectivity index (χ0v) is 17.1. The van der Waals surface area contributed by atoms with Crippen molar-refractivity contribution in [1.29, 1.82) is 0 Å². The number of para-hydroxylation sites is 1. The summed E-state index contributed by atoms with van der Waals surface area (Å²) in [5.74, 6) is 0.0852. The molecule has 0 amide bonds. The highest BCUT2D eigenvalue weighted by Crippen LogP contribution is 2.37. The molecule has 0 spiro atoms. The molecule has 0 bridgehead atoms. The average Bonchev–Trinajstić information content (AvgIpc) is 3.06. The molecule has 0 saturated carbocycles. The second-order valence-corrected chi connectivity index (χ2v) is 10.4. The molecule has 1 fully saturated rings. The number of halogens is 3. The van der Waals surface area contributed by atoms with Gasteiger partial charge in [-0.2, -0.15) is 0 Å². The maximum Gasteiger partial charge on any atom is 0.164 e. The van der Waals surface area contributed by atoms with Gasteiger partial charge in [-0.05, 0) is 29.8 Å². The smallest absolute Gasteiger partial charge is 0.164 e. The van der Waals surface area contributed by atoms with E-state index in [-0.39, 0.29) is 23.6 Å². The largest absolute Gasteiger partial charge is 0.312 e. The van der Waals surface area contributed by atoms with Crippen molar-refractivity contribution in [3.05, 3.63) is 63.9 Å². The highest BCUT2D eigenvalue weighted by atomic mass is 35.5. The summed E-state index contributed by atoms with van der Waals surface area (Å²) in [5, 5.41) is 1.71. The zero-order chi connectivity index (χ0) is 19.2. The molecule has 2 aliphatic rings. The third-order valence-corrected chi connectivity index (χ3v) is 7.89. The fourth-order valence-electron chi connectivity index (χ4n) is 3.34. The first-order valence-corrected chi connectivity index (χ1v) is 11.8. The summed E-state index contributed by atoms with van der Waals surface area (Å²) in [5.41, 5.74) is 1.22. The monoisotopic (exact) mass is 444 g/mol. The van der Waals surface area contributed by atoms with E-state index in [0.29, 0.717) is 26.7 Å². The Morgan fingerprint density at radius 1 is 1.19 bits per heavy atom. The van der Waals surface area contributed by atoms with Gasteiger partial charge < -0.3 is 4.90 Å². The number of amidine groups is 1. The highest BCUT2D eigenvalue weighted by molar-refractivity contribution is 8.13. The van der Waals surface area contributed by atoms with Crippen LogP contribution >= 0.6 is 35.0 Å². The number of sulfone groups is 1. The van der Waals surface area contributed by atoms with E-state index in [0.717, 1.165) is 5.56 Å². The third kappa shape index (κ3) is 3.83. The standard InChI is InChI=1S/C18H15Cl2FN2O2S2/c19-12-6-5-11(13(20)7-12)8-26-18-22-15-9-27(24,25)10-17(15)23(18)16-4-2-1-3-14(16)21/h1-7,15,17H,8-10H2/t15-,17-/m0/s1. The summed E-state index contributed by atoms with van der Waals surface area (Å²) in [4.78, 5) is 6.32. The maximum absolute atomic E-state index is 14.4. The normalized spacial score (nSPS) is 23.4. The molecule has 2 aromatic carbocycles. The lowest BCUT2D eigenvalue weighted by Crippen LogP contribution is -2.39. The minimum atomic E-state index is -3.18. The number of hydrogen-bond donors (Lipinski definition) is 0. The van der Waals surface area contributed by atoms with Gasteiger partial charge in [0.25, 0.3) is 0 Å². The summed E-state index contributed by atoms with van der Waals surface area (Å²) >= 11 is 13.6. The Balaban J connectivity index is 1.64. The van der Waals surface area contributed by atoms with Gasteiger partial charge in [0.1, 0.15) is 5.82 Å². The topological polar surface area (TPSA) is 49.7 Å². The Bertz CT molecular complexity index is 1030. The van der Waals surface area contributed by atoms with Crippen LogP contribution in [0.4, 0.5) is 10.1 Å². The first kappa shape index (κ1) is 19.1. The molecular weight excluding hydrogens is 430 g/mol. The van der Waals surface area contributed by atoms with E-state index in [1.165, 1.54) is 17.8 Å². The van der Waals surface area contributed by atoms with E-state index >= 15 is 0 Å². The minimum absolute atomic E-state index is 0.00558. The fourth-order valence-corrected chi connectivity index (χ4v) is 6.86. The lowest BCUT2D eigenvalue weighted by atomic mass is 10.1. The van der Waals surface area contributed by atoms with Gasteiger partial charge in [0.15, 0.2) is 15.0 Å². The molecular formula is C18H15Cl2FN2O2S2. The molecule has 27 heavy (non-hydrogen) atoms. The molecule has 0 unspecified atom stereocenters. The number of rotatable bonds is 3. The number of benzene rings is 2. The van der Waals surface area contributed by atoms with E-state index in [2.05, 4.69) is 4.99 Å². The predicted molar refractivity (Wildman–Crippen MR) is 110 cm³/mol. The van der Waals surface area contributed by atoms with Crippen LogP contribution in [0.5, 0.6) is 0 Å². The van der Waals surface area contributed by atoms with Gasteiger partial charge in [-0.15, -0.1) is 0 Å². The molecule has 0 aliphatic carbocycles. The van der Waals surface area contributed by atoms with E-state index < -0.39 is 15.7 Å². The number of hydrogen-bond acceptors (Lipinski definition) is 5. The van der Waals surface area contributed by atoms with Crippen molar-refractivity contribution in [2.75, 3.05) is 16.4 Å². The predicted octanol–water partition coefficient (Wildman–Crippen LogP) is 4.41. The second-order valence-electron chi connectivity index (χ2n) is 6.47. The quantitative estimate of drug-likeness (QED) is 0.703. The summed E-state index contributed by atoms with van der Waals surface area (Å²) < 4.78 is 38.5. The van der Waals surface area contributed by atoms with Crippen LogP contribution in [0.2, 0.25) is 10.0 Å². The van der Waals surface area contributed by atoms with Crippen LogP contribution in [-0.2, 0) is 15.6 Å². The number of anilines is 1. The van der Waals surface area contributed by atoms with Crippen LogP contribution in [0, 0.1) is 5.82 Å². The van der Waals surface area contributed by atoms with Crippen LogP contribution in [0.3, 0.4) is 0 Å². The molecule has 0 radical (unpaired) electrons. The van der Waals surface area contributed by atoms with Crippen molar-refractivity contribution in [3.8, 4) is 0 Å². The summed E-state index contributed by atoms with van der Waals surface area (Å²) in [6.45, 7) is 0. The Kier molecular flexibility index (Phi) is 5.14. The van der Waals surface area contributed by atoms with E-state index in [1.54, 1.807) is 35.2 Å². The van der Waals surface area contributed by atoms with Gasteiger partial charge in [0, 0.05) is 15.8 Å². The van der Waals surface area contributed by atoms with Crippen molar-refractivity contribution < 1.29 is 12.8 Å². The number of thioether (sulfide) groups is 1. The first-order chi connectivity index (χ1) is 12.8. The molecule has 2 atom stereocenters. The highest BCUT2D eigenvalue weighted by Gasteiger charge is 2.47. The molecule has 2 aromatic rings. The maximum atomic E-state index is 14.4. The van der Waals surface area contributed by atoms with Gasteiger partial charge in [0.2, 0.25) is 0 Å². The molecule has 0 aromatic heterocycles. The summed E-state index contributed by atoms with van der Waals surface area (Å²) in [6.07, 6.45) is 0. The van der Waals surface area contributed by atoms with Gasteiger partial charge >= 0.3 is 0 Å². The Morgan fingerprint density at radius 2 is 1.96 bits per heavy atom. The van der Waals surface area contributed by atoms with Crippen LogP contribution in [0.1, 0.15) is 5.56 Å². The van der Waals surface area contributed by atoms with Crippen molar-refractivity contribution in [2.45, 2.75) is 17.8 Å². The van der Waals surface area contributed by atoms with E-state index in [9.17, 15) is 12.8 Å². The Morgan fingerprint density at radius 3 is 2.70 bits per heavy atom.